The van der Waals surface area contributed by atoms with Crippen molar-refractivity contribution in [2.45, 2.75) is 18.9 Å². The normalized spacial score (nSPS) is 21.7. The molecule has 1 saturated heterocycles. The summed E-state index contributed by atoms with van der Waals surface area (Å²) in [6.45, 7) is 2.15. The topological polar surface area (TPSA) is 32.8 Å². The fourth-order valence-electron chi connectivity index (χ4n) is 2.29. The number of nitrogens with zero attached hydrogens (tertiary/aromatic N) is 2. The van der Waals surface area contributed by atoms with E-state index in [0.29, 0.717) is 5.92 Å². The lowest BCUT2D eigenvalue weighted by atomic mass is 9.89. The van der Waals surface area contributed by atoms with Gasteiger partial charge in [0.25, 0.3) is 0 Å². The summed E-state index contributed by atoms with van der Waals surface area (Å²) < 4.78 is 4.86. The van der Waals surface area contributed by atoms with E-state index >= 15 is 0 Å². The van der Waals surface area contributed by atoms with Crippen LogP contribution in [0.25, 0.3) is 0 Å². The molecule has 1 aliphatic heterocycles. The molecular formula is C11H22N2O2. The molecule has 0 aromatic rings. The minimum atomic E-state index is -0.102. The van der Waals surface area contributed by atoms with E-state index < -0.39 is 0 Å². The Morgan fingerprint density at radius 1 is 1.40 bits per heavy atom. The largest absolute Gasteiger partial charge is 0.468 e. The van der Waals surface area contributed by atoms with Crippen LogP contribution >= 0.6 is 0 Å². The summed E-state index contributed by atoms with van der Waals surface area (Å²) in [6, 6.07) is -0.0799. The molecule has 1 heterocycles. The van der Waals surface area contributed by atoms with Gasteiger partial charge in [0.15, 0.2) is 0 Å². The molecule has 0 N–H and O–H groups in total. The predicted octanol–water partition coefficient (Wildman–Crippen LogP) is 0.431. The molecule has 1 atom stereocenters. The minimum absolute atomic E-state index is 0.0799. The van der Waals surface area contributed by atoms with Crippen LogP contribution in [0.4, 0.5) is 0 Å². The van der Waals surface area contributed by atoms with Gasteiger partial charge in [-0.3, -0.25) is 9.69 Å². The van der Waals surface area contributed by atoms with Gasteiger partial charge in [-0.25, -0.2) is 0 Å². The van der Waals surface area contributed by atoms with Crippen molar-refractivity contribution in [2.24, 2.45) is 5.92 Å². The summed E-state index contributed by atoms with van der Waals surface area (Å²) in [5.41, 5.74) is 0. The van der Waals surface area contributed by atoms with E-state index in [9.17, 15) is 4.79 Å². The maximum Gasteiger partial charge on any atom is 0.323 e. The predicted molar refractivity (Wildman–Crippen MR) is 59.7 cm³/mol. The Morgan fingerprint density at radius 2 is 1.93 bits per heavy atom. The van der Waals surface area contributed by atoms with E-state index in [4.69, 9.17) is 4.74 Å². The maximum atomic E-state index is 11.7. The second-order valence-electron chi connectivity index (χ2n) is 4.57. The first-order valence-electron chi connectivity index (χ1n) is 5.49. The van der Waals surface area contributed by atoms with Crippen molar-refractivity contribution >= 4 is 5.97 Å². The fraction of sp³-hybridized carbons (Fsp3) is 0.909. The number of likely N-dealkylation sites (tertiary alicyclic amines) is 1. The first kappa shape index (κ1) is 12.5. The lowest BCUT2D eigenvalue weighted by Crippen LogP contribution is -2.46. The Balaban J connectivity index is 2.60. The molecule has 1 aliphatic rings. The van der Waals surface area contributed by atoms with E-state index in [1.807, 2.05) is 19.0 Å². The number of ether oxygens (including phenoxy) is 1. The molecule has 0 aliphatic carbocycles. The highest BCUT2D eigenvalue weighted by molar-refractivity contribution is 5.76. The van der Waals surface area contributed by atoms with Gasteiger partial charge in [0.05, 0.1) is 7.11 Å². The second kappa shape index (κ2) is 5.47. The van der Waals surface area contributed by atoms with Crippen LogP contribution in [0, 0.1) is 5.92 Å². The zero-order valence-electron chi connectivity index (χ0n) is 10.2. The molecule has 15 heavy (non-hydrogen) atoms. The van der Waals surface area contributed by atoms with Gasteiger partial charge >= 0.3 is 5.97 Å². The summed E-state index contributed by atoms with van der Waals surface area (Å²) in [7, 11) is 7.48. The van der Waals surface area contributed by atoms with E-state index in [2.05, 4.69) is 11.9 Å². The number of hydrogen-bond donors (Lipinski definition) is 0. The van der Waals surface area contributed by atoms with Gasteiger partial charge in [-0.1, -0.05) is 0 Å². The third-order valence-electron chi connectivity index (χ3n) is 3.21. The lowest BCUT2D eigenvalue weighted by molar-refractivity contribution is -0.148. The number of hydrogen-bond acceptors (Lipinski definition) is 4. The van der Waals surface area contributed by atoms with E-state index in [0.717, 1.165) is 25.9 Å². The zero-order chi connectivity index (χ0) is 11.4. The van der Waals surface area contributed by atoms with Crippen molar-refractivity contribution in [3.8, 4) is 0 Å². The summed E-state index contributed by atoms with van der Waals surface area (Å²) in [5, 5.41) is 0. The molecule has 0 spiro atoms. The Bertz CT molecular complexity index is 211. The van der Waals surface area contributed by atoms with Crippen LogP contribution in [0.3, 0.4) is 0 Å². The number of carbonyl (C=O) groups excluding carboxylic acids is 1. The number of carbonyl (C=O) groups is 1. The second-order valence-corrected chi connectivity index (χ2v) is 4.57. The highest BCUT2D eigenvalue weighted by Crippen LogP contribution is 2.23. The molecule has 0 aromatic heterocycles. The molecule has 1 fully saturated rings. The Labute approximate surface area is 92.2 Å². The summed E-state index contributed by atoms with van der Waals surface area (Å²) in [6.07, 6.45) is 2.16. The molecule has 1 rings (SSSR count). The highest BCUT2D eigenvalue weighted by Gasteiger charge is 2.32. The van der Waals surface area contributed by atoms with Crippen molar-refractivity contribution in [1.82, 2.24) is 9.80 Å². The lowest BCUT2D eigenvalue weighted by Gasteiger charge is -2.35. The molecule has 4 heteroatoms. The molecule has 0 bridgehead atoms. The number of piperidine rings is 1. The van der Waals surface area contributed by atoms with Crippen LogP contribution in [-0.4, -0.2) is 63.2 Å². The average Bonchev–Trinajstić information content (AvgIpc) is 2.20. The molecule has 88 valence electrons. The Kier molecular flexibility index (Phi) is 4.54. The summed E-state index contributed by atoms with van der Waals surface area (Å²) in [4.78, 5) is 15.9. The van der Waals surface area contributed by atoms with Crippen molar-refractivity contribution < 1.29 is 9.53 Å². The van der Waals surface area contributed by atoms with Crippen LogP contribution in [0.2, 0.25) is 0 Å². The van der Waals surface area contributed by atoms with Gasteiger partial charge in [-0.05, 0) is 53.0 Å². The third kappa shape index (κ3) is 3.18. The quantitative estimate of drug-likeness (QED) is 0.638. The highest BCUT2D eigenvalue weighted by atomic mass is 16.5. The molecule has 1 unspecified atom stereocenters. The summed E-state index contributed by atoms with van der Waals surface area (Å²) in [5.74, 6) is 0.332. The molecule has 0 radical (unpaired) electrons. The van der Waals surface area contributed by atoms with Crippen molar-refractivity contribution in [2.75, 3.05) is 41.3 Å². The van der Waals surface area contributed by atoms with Crippen molar-refractivity contribution in [1.29, 1.82) is 0 Å². The Hall–Kier alpha value is -0.610. The first-order valence-corrected chi connectivity index (χ1v) is 5.49. The van der Waals surface area contributed by atoms with E-state index in [1.165, 1.54) is 7.11 Å². The molecule has 4 nitrogen and oxygen atoms in total. The van der Waals surface area contributed by atoms with Gasteiger partial charge in [-0.15, -0.1) is 0 Å². The SMILES string of the molecule is COC(=O)C(C1CCN(C)CC1)N(C)C. The van der Waals surface area contributed by atoms with E-state index in [1.54, 1.807) is 0 Å². The van der Waals surface area contributed by atoms with Crippen LogP contribution in [0.1, 0.15) is 12.8 Å². The molecular weight excluding hydrogens is 192 g/mol. The molecule has 0 aromatic carbocycles. The fourth-order valence-corrected chi connectivity index (χ4v) is 2.29. The van der Waals surface area contributed by atoms with E-state index in [-0.39, 0.29) is 12.0 Å². The van der Waals surface area contributed by atoms with Gasteiger partial charge in [0, 0.05) is 0 Å². The average molecular weight is 214 g/mol. The zero-order valence-corrected chi connectivity index (χ0v) is 10.2. The molecule has 0 amide bonds. The molecule has 0 saturated carbocycles. The van der Waals surface area contributed by atoms with Gasteiger partial charge in [-0.2, -0.15) is 0 Å². The standard InChI is InChI=1S/C11H22N2O2/c1-12(2)10(11(14)15-4)9-5-7-13(3)8-6-9/h9-10H,5-8H2,1-4H3. The smallest absolute Gasteiger partial charge is 0.323 e. The first-order chi connectivity index (χ1) is 7.06. The van der Waals surface area contributed by atoms with Crippen LogP contribution in [0.15, 0.2) is 0 Å². The minimum Gasteiger partial charge on any atom is -0.468 e. The number of likely N-dealkylation sites (N-methyl/N-ethyl adjacent to an activating group) is 1. The third-order valence-corrected chi connectivity index (χ3v) is 3.21. The number of esters is 1. The van der Waals surface area contributed by atoms with Crippen molar-refractivity contribution in [3.63, 3.8) is 0 Å². The summed E-state index contributed by atoms with van der Waals surface area (Å²) >= 11 is 0. The number of methoxy groups -OCH3 is 1. The van der Waals surface area contributed by atoms with Crippen molar-refractivity contribution in [3.05, 3.63) is 0 Å². The number of rotatable bonds is 3. The van der Waals surface area contributed by atoms with Gasteiger partial charge in [0.1, 0.15) is 6.04 Å². The van der Waals surface area contributed by atoms with Gasteiger partial charge in [0.2, 0.25) is 0 Å². The van der Waals surface area contributed by atoms with Crippen LogP contribution < -0.4 is 0 Å². The monoisotopic (exact) mass is 214 g/mol. The van der Waals surface area contributed by atoms with Gasteiger partial charge < -0.3 is 9.64 Å². The Morgan fingerprint density at radius 3 is 2.33 bits per heavy atom. The maximum absolute atomic E-state index is 11.7. The van der Waals surface area contributed by atoms with Crippen LogP contribution in [0.5, 0.6) is 0 Å². The van der Waals surface area contributed by atoms with Crippen LogP contribution in [-0.2, 0) is 9.53 Å².